The molecule has 7 heteroatoms. The Morgan fingerprint density at radius 1 is 1.23 bits per heavy atom. The van der Waals surface area contributed by atoms with E-state index in [2.05, 4.69) is 15.4 Å². The number of rotatable bonds is 6. The Hall–Kier alpha value is -3.19. The van der Waals surface area contributed by atoms with Crippen molar-refractivity contribution in [1.29, 1.82) is 0 Å². The van der Waals surface area contributed by atoms with Crippen molar-refractivity contribution in [2.45, 2.75) is 6.04 Å². The maximum Gasteiger partial charge on any atom is 0.261 e. The van der Waals surface area contributed by atoms with Gasteiger partial charge in [-0.1, -0.05) is 30.3 Å². The molecule has 0 radical (unpaired) electrons. The number of hydrogen-bond acceptors (Lipinski definition) is 4. The Labute approximate surface area is 150 Å². The summed E-state index contributed by atoms with van der Waals surface area (Å²) in [7, 11) is 3.34. The molecule has 26 heavy (non-hydrogen) atoms. The summed E-state index contributed by atoms with van der Waals surface area (Å²) >= 11 is 0. The van der Waals surface area contributed by atoms with Crippen LogP contribution in [0, 0.1) is 0 Å². The third-order valence-electron chi connectivity index (χ3n) is 4.09. The molecule has 1 amide bonds. The SMILES string of the molecule is COC[C@@H](NC(=O)c1ccc(-c2ccccc2)[nH]c1=O)c1ccnn1C. The van der Waals surface area contributed by atoms with Crippen LogP contribution in [0.3, 0.4) is 0 Å². The van der Waals surface area contributed by atoms with Crippen molar-refractivity contribution in [3.05, 3.63) is 76.3 Å². The first-order valence-electron chi connectivity index (χ1n) is 8.16. The van der Waals surface area contributed by atoms with E-state index in [-0.39, 0.29) is 12.2 Å². The maximum absolute atomic E-state index is 12.6. The second kappa shape index (κ2) is 7.79. The van der Waals surface area contributed by atoms with Crippen LogP contribution in [0.25, 0.3) is 11.3 Å². The van der Waals surface area contributed by atoms with Gasteiger partial charge in [-0.3, -0.25) is 14.3 Å². The monoisotopic (exact) mass is 352 g/mol. The molecule has 0 saturated carbocycles. The molecule has 0 fully saturated rings. The minimum Gasteiger partial charge on any atom is -0.382 e. The number of nitrogens with one attached hydrogen (secondary N) is 2. The highest BCUT2D eigenvalue weighted by molar-refractivity contribution is 5.94. The van der Waals surface area contributed by atoms with Gasteiger partial charge in [-0.05, 0) is 23.8 Å². The minimum atomic E-state index is -0.464. The van der Waals surface area contributed by atoms with E-state index in [1.807, 2.05) is 30.3 Å². The predicted molar refractivity (Wildman–Crippen MR) is 97.8 cm³/mol. The lowest BCUT2D eigenvalue weighted by Crippen LogP contribution is -2.35. The first kappa shape index (κ1) is 17.6. The van der Waals surface area contributed by atoms with Crippen molar-refractivity contribution in [3.8, 4) is 11.3 Å². The van der Waals surface area contributed by atoms with Gasteiger partial charge in [0.1, 0.15) is 5.56 Å². The fourth-order valence-corrected chi connectivity index (χ4v) is 2.77. The van der Waals surface area contributed by atoms with E-state index in [9.17, 15) is 9.59 Å². The molecule has 2 N–H and O–H groups in total. The van der Waals surface area contributed by atoms with Crippen LogP contribution in [-0.2, 0) is 11.8 Å². The molecular weight excluding hydrogens is 332 g/mol. The Balaban J connectivity index is 1.83. The van der Waals surface area contributed by atoms with Crippen molar-refractivity contribution in [3.63, 3.8) is 0 Å². The van der Waals surface area contributed by atoms with Gasteiger partial charge in [-0.25, -0.2) is 0 Å². The third kappa shape index (κ3) is 3.73. The molecule has 7 nitrogen and oxygen atoms in total. The summed E-state index contributed by atoms with van der Waals surface area (Å²) < 4.78 is 6.84. The van der Waals surface area contributed by atoms with Crippen LogP contribution in [0.1, 0.15) is 22.1 Å². The van der Waals surface area contributed by atoms with Crippen LogP contribution in [0.5, 0.6) is 0 Å². The molecule has 0 saturated heterocycles. The van der Waals surface area contributed by atoms with Crippen molar-refractivity contribution in [1.82, 2.24) is 20.1 Å². The molecule has 3 aromatic rings. The van der Waals surface area contributed by atoms with Crippen LogP contribution >= 0.6 is 0 Å². The zero-order chi connectivity index (χ0) is 18.5. The van der Waals surface area contributed by atoms with Gasteiger partial charge in [0, 0.05) is 26.0 Å². The summed E-state index contributed by atoms with van der Waals surface area (Å²) in [6.07, 6.45) is 1.64. The first-order chi connectivity index (χ1) is 12.6. The molecule has 2 aromatic heterocycles. The summed E-state index contributed by atoms with van der Waals surface area (Å²) in [5, 5.41) is 6.94. The molecule has 0 unspecified atom stereocenters. The van der Waals surface area contributed by atoms with Gasteiger partial charge in [-0.2, -0.15) is 5.10 Å². The second-order valence-electron chi connectivity index (χ2n) is 5.84. The molecule has 2 heterocycles. The third-order valence-corrected chi connectivity index (χ3v) is 4.09. The van der Waals surface area contributed by atoms with Gasteiger partial charge in [0.05, 0.1) is 18.3 Å². The van der Waals surface area contributed by atoms with Crippen molar-refractivity contribution in [2.24, 2.45) is 7.05 Å². The molecule has 0 aliphatic carbocycles. The number of amides is 1. The van der Waals surface area contributed by atoms with E-state index < -0.39 is 17.5 Å². The highest BCUT2D eigenvalue weighted by Crippen LogP contribution is 2.16. The lowest BCUT2D eigenvalue weighted by molar-refractivity contribution is 0.0891. The number of aromatic amines is 1. The van der Waals surface area contributed by atoms with Crippen molar-refractivity contribution in [2.75, 3.05) is 13.7 Å². The fourth-order valence-electron chi connectivity index (χ4n) is 2.77. The Bertz CT molecular complexity index is 947. The largest absolute Gasteiger partial charge is 0.382 e. The summed E-state index contributed by atoms with van der Waals surface area (Å²) in [5.74, 6) is -0.464. The smallest absolute Gasteiger partial charge is 0.261 e. The number of ether oxygens (including phenoxy) is 1. The summed E-state index contributed by atoms with van der Waals surface area (Å²) in [4.78, 5) is 27.7. The Morgan fingerprint density at radius 2 is 2.00 bits per heavy atom. The number of nitrogens with zero attached hydrogens (tertiary/aromatic N) is 2. The minimum absolute atomic E-state index is 0.0490. The number of aryl methyl sites for hydroxylation is 1. The number of H-pyrrole nitrogens is 1. The average Bonchev–Trinajstić information content (AvgIpc) is 3.07. The van der Waals surface area contributed by atoms with Crippen molar-refractivity contribution >= 4 is 5.91 Å². The number of benzene rings is 1. The highest BCUT2D eigenvalue weighted by Gasteiger charge is 2.20. The van der Waals surface area contributed by atoms with E-state index >= 15 is 0 Å². The fraction of sp³-hybridized carbons (Fsp3) is 0.211. The molecule has 3 rings (SSSR count). The van der Waals surface area contributed by atoms with Crippen LogP contribution < -0.4 is 10.9 Å². The standard InChI is InChI=1S/C19H20N4O3/c1-23-17(10-11-20-23)16(12-26-2)22-19(25)14-8-9-15(21-18(14)24)13-6-4-3-5-7-13/h3-11,16H,12H2,1-2H3,(H,21,24)(H,22,25)/t16-/m1/s1. The zero-order valence-corrected chi connectivity index (χ0v) is 14.6. The lowest BCUT2D eigenvalue weighted by atomic mass is 10.1. The Morgan fingerprint density at radius 3 is 2.62 bits per heavy atom. The van der Waals surface area contributed by atoms with E-state index in [1.165, 1.54) is 6.07 Å². The van der Waals surface area contributed by atoms with Crippen LogP contribution in [0.4, 0.5) is 0 Å². The van der Waals surface area contributed by atoms with Gasteiger partial charge < -0.3 is 15.0 Å². The highest BCUT2D eigenvalue weighted by atomic mass is 16.5. The molecule has 0 aliphatic heterocycles. The van der Waals surface area contributed by atoms with E-state index in [4.69, 9.17) is 4.74 Å². The number of carbonyl (C=O) groups is 1. The topological polar surface area (TPSA) is 89.0 Å². The van der Waals surface area contributed by atoms with Crippen LogP contribution in [0.15, 0.2) is 59.5 Å². The maximum atomic E-state index is 12.6. The lowest BCUT2D eigenvalue weighted by Gasteiger charge is -2.18. The molecule has 0 aliphatic rings. The average molecular weight is 352 g/mol. The summed E-state index contributed by atoms with van der Waals surface area (Å²) in [5.41, 5.74) is 1.94. The van der Waals surface area contributed by atoms with E-state index in [0.29, 0.717) is 5.69 Å². The molecule has 134 valence electrons. The van der Waals surface area contributed by atoms with Crippen LogP contribution in [0.2, 0.25) is 0 Å². The second-order valence-corrected chi connectivity index (χ2v) is 5.84. The molecule has 1 aromatic carbocycles. The number of methoxy groups -OCH3 is 1. The van der Waals surface area contributed by atoms with Crippen LogP contribution in [-0.4, -0.2) is 34.4 Å². The predicted octanol–water partition coefficient (Wildman–Crippen LogP) is 1.89. The van der Waals surface area contributed by atoms with E-state index in [1.54, 1.807) is 37.2 Å². The zero-order valence-electron chi connectivity index (χ0n) is 14.6. The first-order valence-corrected chi connectivity index (χ1v) is 8.16. The normalized spacial score (nSPS) is 11.9. The number of aromatic nitrogens is 3. The Kier molecular flexibility index (Phi) is 5.28. The van der Waals surface area contributed by atoms with Gasteiger partial charge in [0.2, 0.25) is 0 Å². The van der Waals surface area contributed by atoms with Crippen molar-refractivity contribution < 1.29 is 9.53 Å². The molecular formula is C19H20N4O3. The number of carbonyl (C=O) groups excluding carboxylic acids is 1. The van der Waals surface area contributed by atoms with Gasteiger partial charge in [0.15, 0.2) is 0 Å². The quantitative estimate of drug-likeness (QED) is 0.709. The van der Waals surface area contributed by atoms with Gasteiger partial charge in [0.25, 0.3) is 11.5 Å². The van der Waals surface area contributed by atoms with Gasteiger partial charge in [-0.15, -0.1) is 0 Å². The summed E-state index contributed by atoms with van der Waals surface area (Å²) in [6, 6.07) is 14.1. The van der Waals surface area contributed by atoms with Gasteiger partial charge >= 0.3 is 0 Å². The summed E-state index contributed by atoms with van der Waals surface area (Å²) in [6.45, 7) is 0.269. The number of pyridine rings is 1. The molecule has 1 atom stereocenters. The van der Waals surface area contributed by atoms with E-state index in [0.717, 1.165) is 11.3 Å². The number of hydrogen-bond donors (Lipinski definition) is 2. The molecule has 0 spiro atoms. The molecule has 0 bridgehead atoms.